The zero-order valence-corrected chi connectivity index (χ0v) is 16.6. The number of halogens is 5. The molecule has 0 amide bonds. The lowest BCUT2D eigenvalue weighted by molar-refractivity contribution is -0.385. The monoisotopic (exact) mass is 473 g/mol. The number of nitro benzene ring substituents is 1. The maximum absolute atomic E-state index is 12.7. The minimum absolute atomic E-state index is 0.0569. The molecule has 8 nitrogen and oxygen atoms in total. The van der Waals surface area contributed by atoms with Crippen LogP contribution in [0.3, 0.4) is 0 Å². The Hall–Kier alpha value is -2.15. The van der Waals surface area contributed by atoms with Crippen molar-refractivity contribution in [2.24, 2.45) is 0 Å². The molecule has 14 heteroatoms. The van der Waals surface area contributed by atoms with Gasteiger partial charge in [0.15, 0.2) is 0 Å². The normalized spacial score (nSPS) is 12.0. The van der Waals surface area contributed by atoms with Crippen LogP contribution in [0.15, 0.2) is 35.2 Å². The van der Waals surface area contributed by atoms with E-state index < -0.39 is 42.4 Å². The molecule has 29 heavy (non-hydrogen) atoms. The summed E-state index contributed by atoms with van der Waals surface area (Å²) in [7, 11) is -4.15. The number of nitrogens with one attached hydrogen (secondary N) is 1. The lowest BCUT2D eigenvalue weighted by Gasteiger charge is -2.11. The number of pyridine rings is 1. The quantitative estimate of drug-likeness (QED) is 0.267. The van der Waals surface area contributed by atoms with Crippen LogP contribution < -0.4 is 9.46 Å². The van der Waals surface area contributed by atoms with E-state index in [0.29, 0.717) is 12.1 Å². The van der Waals surface area contributed by atoms with Gasteiger partial charge in [-0.25, -0.2) is 18.1 Å². The molecule has 0 fully saturated rings. The molecule has 2 aromatic rings. The summed E-state index contributed by atoms with van der Waals surface area (Å²) in [4.78, 5) is 13.1. The second-order valence-electron chi connectivity index (χ2n) is 5.49. The third-order valence-corrected chi connectivity index (χ3v) is 5.51. The first-order chi connectivity index (χ1) is 13.4. The summed E-state index contributed by atoms with van der Waals surface area (Å²) in [6.07, 6.45) is -4.57. The molecule has 0 atom stereocenters. The summed E-state index contributed by atoms with van der Waals surface area (Å²) in [6, 6.07) is 4.27. The summed E-state index contributed by atoms with van der Waals surface area (Å²) in [5.74, 6) is -0.366. The molecule has 0 aliphatic carbocycles. The molecule has 0 saturated carbocycles. The Bertz CT molecular complexity index is 1020. The molecule has 0 spiro atoms. The van der Waals surface area contributed by atoms with E-state index in [1.807, 2.05) is 0 Å². The highest BCUT2D eigenvalue weighted by Gasteiger charge is 2.31. The fourth-order valence-electron chi connectivity index (χ4n) is 2.06. The predicted octanol–water partition coefficient (Wildman–Crippen LogP) is 4.06. The van der Waals surface area contributed by atoms with Crippen molar-refractivity contribution in [2.75, 3.05) is 13.2 Å². The maximum atomic E-state index is 12.7. The zero-order valence-electron chi connectivity index (χ0n) is 14.2. The van der Waals surface area contributed by atoms with Gasteiger partial charge in [-0.2, -0.15) is 13.2 Å². The highest BCUT2D eigenvalue weighted by molar-refractivity contribution is 7.89. The average Bonchev–Trinajstić information content (AvgIpc) is 2.60. The van der Waals surface area contributed by atoms with Gasteiger partial charge in [-0.05, 0) is 18.6 Å². The van der Waals surface area contributed by atoms with Gasteiger partial charge in [-0.15, -0.1) is 0 Å². The van der Waals surface area contributed by atoms with Crippen LogP contribution in [0.4, 0.5) is 18.9 Å². The number of hydrogen-bond acceptors (Lipinski definition) is 6. The third kappa shape index (κ3) is 6.42. The Balaban J connectivity index is 1.95. The number of sulfonamides is 1. The second kappa shape index (κ2) is 9.11. The Labute approximate surface area is 172 Å². The van der Waals surface area contributed by atoms with E-state index in [4.69, 9.17) is 27.9 Å². The number of alkyl halides is 3. The number of rotatable bonds is 8. The number of hydrogen-bond donors (Lipinski definition) is 1. The Morgan fingerprint density at radius 1 is 1.21 bits per heavy atom. The fourth-order valence-corrected chi connectivity index (χ4v) is 3.85. The summed E-state index contributed by atoms with van der Waals surface area (Å²) in [5, 5.41) is 10.2. The van der Waals surface area contributed by atoms with Gasteiger partial charge in [0.05, 0.1) is 22.1 Å². The Morgan fingerprint density at radius 3 is 2.52 bits per heavy atom. The third-order valence-electron chi connectivity index (χ3n) is 3.38. The average molecular weight is 474 g/mol. The first-order valence-electron chi connectivity index (χ1n) is 7.71. The van der Waals surface area contributed by atoms with E-state index in [9.17, 15) is 31.7 Å². The molecule has 158 valence electrons. The number of aromatic nitrogens is 1. The van der Waals surface area contributed by atoms with Crippen molar-refractivity contribution >= 4 is 38.9 Å². The number of nitrogens with zero attached hydrogens (tertiary/aromatic N) is 2. The highest BCUT2D eigenvalue weighted by Crippen LogP contribution is 2.32. The van der Waals surface area contributed by atoms with Crippen molar-refractivity contribution in [1.29, 1.82) is 0 Å². The molecule has 0 saturated heterocycles. The van der Waals surface area contributed by atoms with Crippen molar-refractivity contribution in [2.45, 2.75) is 17.5 Å². The molecule has 0 aliphatic heterocycles. The van der Waals surface area contributed by atoms with Gasteiger partial charge in [-0.1, -0.05) is 23.2 Å². The zero-order chi connectivity index (χ0) is 21.8. The number of non-ortho nitro benzene ring substituents is 1. The lowest BCUT2D eigenvalue weighted by Crippen LogP contribution is -2.26. The van der Waals surface area contributed by atoms with Crippen LogP contribution >= 0.6 is 23.2 Å². The first kappa shape index (κ1) is 23.1. The number of ether oxygens (including phenoxy) is 1. The van der Waals surface area contributed by atoms with E-state index in [1.165, 1.54) is 0 Å². The topological polar surface area (TPSA) is 111 Å². The van der Waals surface area contributed by atoms with Crippen LogP contribution in [0, 0.1) is 10.1 Å². The van der Waals surface area contributed by atoms with E-state index in [1.54, 1.807) is 0 Å². The van der Waals surface area contributed by atoms with Gasteiger partial charge in [0.1, 0.15) is 10.0 Å². The van der Waals surface area contributed by atoms with Gasteiger partial charge >= 0.3 is 6.18 Å². The largest absolute Gasteiger partial charge is 0.478 e. The van der Waals surface area contributed by atoms with Gasteiger partial charge < -0.3 is 4.74 Å². The lowest BCUT2D eigenvalue weighted by atomic mass is 10.2. The van der Waals surface area contributed by atoms with Crippen molar-refractivity contribution < 1.29 is 31.2 Å². The highest BCUT2D eigenvalue weighted by atomic mass is 35.5. The molecule has 1 N–H and O–H groups in total. The Kier molecular flexibility index (Phi) is 7.27. The molecule has 2 rings (SSSR count). The summed E-state index contributed by atoms with van der Waals surface area (Å²) < 4.78 is 69.9. The molecular formula is C15H12Cl2F3N3O5S. The van der Waals surface area contributed by atoms with Crippen molar-refractivity contribution in [1.82, 2.24) is 9.71 Å². The molecule has 1 heterocycles. The smallest absolute Gasteiger partial charge is 0.416 e. The molecule has 0 aliphatic rings. The van der Waals surface area contributed by atoms with E-state index in [2.05, 4.69) is 9.71 Å². The van der Waals surface area contributed by atoms with Gasteiger partial charge in [0.25, 0.3) is 5.69 Å². The van der Waals surface area contributed by atoms with Crippen LogP contribution in [0.5, 0.6) is 5.88 Å². The fraction of sp³-hybridized carbons (Fsp3) is 0.267. The SMILES string of the molecule is O=[N+]([O-])c1ccc(Cl)c(S(=O)(=O)NCCCOc2cc(C(F)(F)F)cc(Cl)n2)c1. The summed E-state index contributed by atoms with van der Waals surface area (Å²) >= 11 is 11.3. The molecular weight excluding hydrogens is 462 g/mol. The van der Waals surface area contributed by atoms with Crippen LogP contribution in [0.1, 0.15) is 12.0 Å². The van der Waals surface area contributed by atoms with Crippen molar-refractivity contribution in [3.05, 3.63) is 56.2 Å². The van der Waals surface area contributed by atoms with Gasteiger partial charge in [0, 0.05) is 24.7 Å². The minimum Gasteiger partial charge on any atom is -0.478 e. The molecule has 0 bridgehead atoms. The molecule has 0 unspecified atom stereocenters. The standard InChI is InChI=1S/C15H12Cl2F3N3O5S/c16-11-3-2-10(23(24)25)8-12(11)29(26,27)21-4-1-5-28-14-7-9(15(18,19)20)6-13(17)22-14/h2-3,6-8,21H,1,4-5H2. The Morgan fingerprint density at radius 2 is 1.90 bits per heavy atom. The number of benzene rings is 1. The maximum Gasteiger partial charge on any atom is 0.416 e. The minimum atomic E-state index is -4.63. The van der Waals surface area contributed by atoms with Gasteiger partial charge in [0.2, 0.25) is 15.9 Å². The summed E-state index contributed by atoms with van der Waals surface area (Å²) in [6.45, 7) is -0.343. The van der Waals surface area contributed by atoms with Crippen LogP contribution in [-0.4, -0.2) is 31.5 Å². The van der Waals surface area contributed by atoms with Crippen LogP contribution in [-0.2, 0) is 16.2 Å². The molecule has 1 aromatic carbocycles. The van der Waals surface area contributed by atoms with Crippen LogP contribution in [0.25, 0.3) is 0 Å². The van der Waals surface area contributed by atoms with Crippen molar-refractivity contribution in [3.8, 4) is 5.88 Å². The number of nitro groups is 1. The first-order valence-corrected chi connectivity index (χ1v) is 9.95. The van der Waals surface area contributed by atoms with E-state index in [-0.39, 0.29) is 30.5 Å². The van der Waals surface area contributed by atoms with Crippen molar-refractivity contribution in [3.63, 3.8) is 0 Å². The van der Waals surface area contributed by atoms with Crippen LogP contribution in [0.2, 0.25) is 10.2 Å². The van der Waals surface area contributed by atoms with E-state index >= 15 is 0 Å². The molecule has 0 radical (unpaired) electrons. The van der Waals surface area contributed by atoms with E-state index in [0.717, 1.165) is 18.2 Å². The molecule has 1 aromatic heterocycles. The predicted molar refractivity (Wildman–Crippen MR) is 97.7 cm³/mol. The van der Waals surface area contributed by atoms with Gasteiger partial charge in [-0.3, -0.25) is 10.1 Å². The second-order valence-corrected chi connectivity index (χ2v) is 8.02. The summed E-state index contributed by atoms with van der Waals surface area (Å²) in [5.41, 5.74) is -1.49.